The molecule has 0 atom stereocenters. The summed E-state index contributed by atoms with van der Waals surface area (Å²) in [4.78, 5) is 0. The van der Waals surface area contributed by atoms with Crippen LogP contribution in [0.4, 0.5) is 17.3 Å². The molecule has 1 radical (unpaired) electrons. The summed E-state index contributed by atoms with van der Waals surface area (Å²) in [5.74, 6) is 0. The van der Waals surface area contributed by atoms with Gasteiger partial charge in [0, 0.05) is 19.5 Å². The maximum Gasteiger partial charge on any atom is 0.673 e. The molecule has 0 fully saturated rings. The van der Waals surface area contributed by atoms with Gasteiger partial charge in [-0.3, -0.25) is 0 Å². The van der Waals surface area contributed by atoms with Gasteiger partial charge in [-0.05, 0) is 73.4 Å². The zero-order valence-corrected chi connectivity index (χ0v) is 32.2. The quantitative estimate of drug-likeness (QED) is 0.0680. The summed E-state index contributed by atoms with van der Waals surface area (Å²) in [5, 5.41) is 8.39. The summed E-state index contributed by atoms with van der Waals surface area (Å²) < 4.78 is 39.0. The van der Waals surface area contributed by atoms with Crippen molar-refractivity contribution >= 4 is 54.9 Å². The fraction of sp³-hybridized carbons (Fsp3) is 0.0909. The van der Waals surface area contributed by atoms with Crippen LogP contribution in [0.3, 0.4) is 0 Å². The average Bonchev–Trinajstić information content (AvgIpc) is 3.14. The van der Waals surface area contributed by atoms with Crippen molar-refractivity contribution in [3.8, 4) is 0 Å². The molecule has 0 aromatic heterocycles. The first kappa shape index (κ1) is 42.5. The second-order valence-corrected chi connectivity index (χ2v) is 15.7. The first-order valence-corrected chi connectivity index (χ1v) is 19.7. The van der Waals surface area contributed by atoms with E-state index >= 15 is 0 Å². The number of allylic oxidation sites excluding steroid dienone is 4. The molecule has 6 aromatic rings. The Kier molecular flexibility index (Phi) is 19.9. The predicted molar refractivity (Wildman–Crippen MR) is 217 cm³/mol. The Balaban J connectivity index is 0.000000208. The van der Waals surface area contributed by atoms with E-state index in [2.05, 4.69) is 206 Å². The Labute approximate surface area is 322 Å². The molecule has 0 nitrogen and oxygen atoms in total. The molecule has 7 rings (SSSR count). The molecule has 8 heteroatoms. The summed E-state index contributed by atoms with van der Waals surface area (Å²) >= 11 is 0. The molecule has 0 amide bonds. The van der Waals surface area contributed by atoms with Gasteiger partial charge in [-0.2, -0.15) is 0 Å². The normalized spacial score (nSPS) is 13.2. The van der Waals surface area contributed by atoms with E-state index in [0.29, 0.717) is 0 Å². The van der Waals surface area contributed by atoms with Gasteiger partial charge in [0.2, 0.25) is 0 Å². The predicted octanol–water partition coefficient (Wildman–Crippen LogP) is 10.9. The van der Waals surface area contributed by atoms with Gasteiger partial charge < -0.3 is 17.3 Å². The van der Waals surface area contributed by atoms with E-state index in [-0.39, 0.29) is 19.5 Å². The van der Waals surface area contributed by atoms with Gasteiger partial charge in [-0.1, -0.05) is 206 Å². The third kappa shape index (κ3) is 16.2. The monoisotopic (exact) mass is 822 g/mol. The minimum Gasteiger partial charge on any atom is -0.418 e. The van der Waals surface area contributed by atoms with Gasteiger partial charge in [0.15, 0.2) is 0 Å². The van der Waals surface area contributed by atoms with Crippen molar-refractivity contribution in [3.05, 3.63) is 206 Å². The largest absolute Gasteiger partial charge is 0.673 e. The van der Waals surface area contributed by atoms with Crippen LogP contribution in [0.2, 0.25) is 0 Å². The van der Waals surface area contributed by atoms with Crippen LogP contribution >= 0.6 is 15.8 Å². The van der Waals surface area contributed by atoms with Gasteiger partial charge in [0.05, 0.1) is 0 Å². The molecule has 52 heavy (non-hydrogen) atoms. The van der Waals surface area contributed by atoms with Crippen LogP contribution in [0.5, 0.6) is 0 Å². The zero-order valence-electron chi connectivity index (χ0n) is 28.8. The van der Waals surface area contributed by atoms with Crippen molar-refractivity contribution in [2.45, 2.75) is 25.7 Å². The molecule has 0 N–H and O–H groups in total. The Morgan fingerprint density at radius 2 is 0.423 bits per heavy atom. The Bertz CT molecular complexity index is 1490. The second kappa shape index (κ2) is 24.3. The fourth-order valence-electron chi connectivity index (χ4n) is 5.21. The van der Waals surface area contributed by atoms with E-state index in [9.17, 15) is 17.3 Å². The molecule has 0 heterocycles. The van der Waals surface area contributed by atoms with Crippen LogP contribution in [-0.2, 0) is 19.5 Å². The van der Waals surface area contributed by atoms with Crippen molar-refractivity contribution in [2.24, 2.45) is 0 Å². The summed E-state index contributed by atoms with van der Waals surface area (Å²) in [6.45, 7) is 0. The van der Waals surface area contributed by atoms with Gasteiger partial charge in [0.25, 0.3) is 0 Å². The molecular weight excluding hydrogens is 780 g/mol. The Morgan fingerprint density at radius 1 is 0.288 bits per heavy atom. The summed E-state index contributed by atoms with van der Waals surface area (Å²) in [6.07, 6.45) is 14.0. The standard InChI is InChI=1S/2C18H15P.C8H12.BF4.Rh/c2*1-4-10-16(11-5-1)19(17-12-6-2-7-13-17)18-14-8-3-9-15-18;1-2-4-6-8-7-5-3-1;2-1(3,4)5;/h2*1-15H;1-2,7-8H,3-6H2;;/q;;;-1;/b;;2-1-,8-7-;;. The van der Waals surface area contributed by atoms with Crippen molar-refractivity contribution in [1.82, 2.24) is 0 Å². The smallest absolute Gasteiger partial charge is 0.418 e. The minimum absolute atomic E-state index is 0. The maximum absolute atomic E-state index is 9.75. The van der Waals surface area contributed by atoms with Crippen LogP contribution in [0.15, 0.2) is 206 Å². The number of hydrogen-bond acceptors (Lipinski definition) is 0. The van der Waals surface area contributed by atoms with E-state index in [1.807, 2.05) is 0 Å². The number of rotatable bonds is 6. The molecule has 1 aliphatic carbocycles. The molecule has 269 valence electrons. The van der Waals surface area contributed by atoms with Gasteiger partial charge in [-0.15, -0.1) is 0 Å². The van der Waals surface area contributed by atoms with E-state index in [0.717, 1.165) is 0 Å². The van der Waals surface area contributed by atoms with Crippen molar-refractivity contribution in [2.75, 3.05) is 0 Å². The summed E-state index contributed by atoms with van der Waals surface area (Å²) in [7, 11) is -6.89. The molecule has 0 aliphatic heterocycles. The van der Waals surface area contributed by atoms with Crippen molar-refractivity contribution in [3.63, 3.8) is 0 Å². The molecule has 1 aliphatic rings. The molecule has 0 spiro atoms. The van der Waals surface area contributed by atoms with E-state index in [1.165, 1.54) is 57.5 Å². The third-order valence-corrected chi connectivity index (χ3v) is 12.3. The molecule has 6 aromatic carbocycles. The molecule has 0 bridgehead atoms. The fourth-order valence-corrected chi connectivity index (χ4v) is 9.82. The Hall–Kier alpha value is -3.93. The maximum atomic E-state index is 9.75. The first-order valence-electron chi connectivity index (χ1n) is 17.0. The van der Waals surface area contributed by atoms with E-state index in [4.69, 9.17) is 0 Å². The van der Waals surface area contributed by atoms with Crippen LogP contribution in [0.1, 0.15) is 25.7 Å². The van der Waals surface area contributed by atoms with E-state index in [1.54, 1.807) is 0 Å². The van der Waals surface area contributed by atoms with Crippen LogP contribution < -0.4 is 31.8 Å². The van der Waals surface area contributed by atoms with Gasteiger partial charge in [-0.25, -0.2) is 0 Å². The van der Waals surface area contributed by atoms with Crippen LogP contribution in [-0.4, -0.2) is 7.25 Å². The van der Waals surface area contributed by atoms with Crippen LogP contribution in [0.25, 0.3) is 0 Å². The Morgan fingerprint density at radius 3 is 0.558 bits per heavy atom. The SMILES string of the molecule is C1=C\CC/C=C\CC/1.F[B-](F)(F)F.[Rh].c1ccc(P(c2ccccc2)c2ccccc2)cc1.c1ccc(P(c2ccccc2)c2ccccc2)cc1. The molecule has 0 saturated carbocycles. The topological polar surface area (TPSA) is 0 Å². The minimum atomic E-state index is -6.00. The van der Waals surface area contributed by atoms with Crippen LogP contribution in [0, 0.1) is 0 Å². The average molecular weight is 822 g/mol. The number of halogens is 4. The summed E-state index contributed by atoms with van der Waals surface area (Å²) in [5.41, 5.74) is 0. The zero-order chi connectivity index (χ0) is 36.0. The van der Waals surface area contributed by atoms with E-state index < -0.39 is 23.1 Å². The first-order chi connectivity index (χ1) is 24.9. The van der Waals surface area contributed by atoms with Crippen molar-refractivity contribution in [1.29, 1.82) is 0 Å². The van der Waals surface area contributed by atoms with Gasteiger partial charge in [0.1, 0.15) is 0 Å². The summed E-state index contributed by atoms with van der Waals surface area (Å²) in [6, 6.07) is 64.7. The molecular formula is C44H42BF4P2Rh-. The molecule has 0 saturated heterocycles. The number of benzene rings is 6. The second-order valence-electron chi connectivity index (χ2n) is 11.3. The molecule has 0 unspecified atom stereocenters. The van der Waals surface area contributed by atoms with Crippen molar-refractivity contribution < 1.29 is 36.7 Å². The number of hydrogen-bond donors (Lipinski definition) is 0. The van der Waals surface area contributed by atoms with Gasteiger partial charge >= 0.3 is 7.25 Å². The third-order valence-electron chi connectivity index (χ3n) is 7.42.